The molecule has 2 aromatic carbocycles. The number of halogens is 3. The maximum absolute atomic E-state index is 13.5. The molecule has 2 atom stereocenters. The van der Waals surface area contributed by atoms with Crippen LogP contribution in [0, 0.1) is 5.41 Å². The number of thiol groups is 1. The number of rotatable bonds is 6. The molecule has 202 valence electrons. The number of hydrogen-bond donors (Lipinski definition) is 2. The van der Waals surface area contributed by atoms with Crippen molar-refractivity contribution in [1.82, 2.24) is 9.21 Å². The molecule has 37 heavy (non-hydrogen) atoms. The molecule has 7 nitrogen and oxygen atoms in total. The second-order valence-electron chi connectivity index (χ2n) is 10.5. The molecule has 1 N–H and O–H groups in total. The molecule has 3 aliphatic heterocycles. The van der Waals surface area contributed by atoms with E-state index in [0.717, 1.165) is 33.2 Å². The van der Waals surface area contributed by atoms with Gasteiger partial charge in [0.1, 0.15) is 0 Å². The molecule has 12 heteroatoms. The van der Waals surface area contributed by atoms with Gasteiger partial charge in [-0.25, -0.2) is 8.42 Å². The molecule has 5 rings (SSSR count). The van der Waals surface area contributed by atoms with Gasteiger partial charge in [0.15, 0.2) is 5.60 Å². The summed E-state index contributed by atoms with van der Waals surface area (Å²) in [4.78, 5) is 4.85. The van der Waals surface area contributed by atoms with E-state index in [9.17, 15) is 26.7 Å². The van der Waals surface area contributed by atoms with E-state index in [0.29, 0.717) is 23.7 Å². The van der Waals surface area contributed by atoms with Gasteiger partial charge in [-0.1, -0.05) is 24.3 Å². The van der Waals surface area contributed by atoms with E-state index in [2.05, 4.69) is 17.5 Å². The summed E-state index contributed by atoms with van der Waals surface area (Å²) >= 11 is 4.34. The van der Waals surface area contributed by atoms with Crippen molar-refractivity contribution in [1.29, 1.82) is 0 Å². The highest BCUT2D eigenvalue weighted by atomic mass is 32.2. The Morgan fingerprint density at radius 3 is 2.30 bits per heavy atom. The normalized spacial score (nSPS) is 24.4. The summed E-state index contributed by atoms with van der Waals surface area (Å²) < 4.78 is 73.7. The van der Waals surface area contributed by atoms with E-state index in [1.54, 1.807) is 36.4 Å². The topological polar surface area (TPSA) is 73.3 Å². The first-order valence-electron chi connectivity index (χ1n) is 12.1. The van der Waals surface area contributed by atoms with Crippen molar-refractivity contribution >= 4 is 28.3 Å². The molecule has 0 bridgehead atoms. The van der Waals surface area contributed by atoms with Gasteiger partial charge in [0.2, 0.25) is 10.0 Å². The van der Waals surface area contributed by atoms with Crippen molar-refractivity contribution in [2.75, 3.05) is 57.4 Å². The number of anilines is 1. The standard InChI is InChI=1S/C25H30F3N3O4S2/c1-23(32,25(26,27)28)18-6-8-19(9-7-18)31-11-10-30(37(33,34)22-5-3-2-4-21(22)36)13-20(31)12-29-14-24(15-29)16-35-17-24/h2-9,20,32,36H,10-17H2,1H3/t20-,23?/m0/s1. The number of nitrogens with zero attached hydrogens (tertiary/aromatic N) is 3. The molecule has 0 radical (unpaired) electrons. The van der Waals surface area contributed by atoms with E-state index in [1.807, 2.05) is 4.90 Å². The first kappa shape index (κ1) is 26.8. The number of piperazine rings is 1. The summed E-state index contributed by atoms with van der Waals surface area (Å²) in [7, 11) is -3.78. The van der Waals surface area contributed by atoms with Gasteiger partial charge in [-0.15, -0.1) is 12.6 Å². The van der Waals surface area contributed by atoms with Crippen LogP contribution >= 0.6 is 12.6 Å². The highest BCUT2D eigenvalue weighted by Gasteiger charge is 2.52. The Labute approximate surface area is 220 Å². The van der Waals surface area contributed by atoms with Gasteiger partial charge in [0, 0.05) is 55.3 Å². The molecule has 0 amide bonds. The minimum atomic E-state index is -4.81. The van der Waals surface area contributed by atoms with Gasteiger partial charge in [-0.05, 0) is 36.8 Å². The summed E-state index contributed by atoms with van der Waals surface area (Å²) in [6, 6.07) is 12.0. The predicted octanol–water partition coefficient (Wildman–Crippen LogP) is 2.96. The van der Waals surface area contributed by atoms with Gasteiger partial charge in [0.05, 0.1) is 24.2 Å². The number of ether oxygens (including phenoxy) is 1. The SMILES string of the molecule is CC(O)(c1ccc(N2CCN(S(=O)(=O)c3ccccc3S)C[C@@H]2CN2CC3(COC3)C2)cc1)C(F)(F)F. The van der Waals surface area contributed by atoms with Crippen molar-refractivity contribution in [3.8, 4) is 0 Å². The third-order valence-electron chi connectivity index (χ3n) is 7.65. The lowest BCUT2D eigenvalue weighted by atomic mass is 9.78. The fourth-order valence-corrected chi connectivity index (χ4v) is 7.46. The minimum absolute atomic E-state index is 0.152. The van der Waals surface area contributed by atoms with E-state index in [4.69, 9.17) is 4.74 Å². The number of likely N-dealkylation sites (tertiary alicyclic amines) is 1. The molecular weight excluding hydrogens is 527 g/mol. The fourth-order valence-electron chi connectivity index (χ4n) is 5.40. The quantitative estimate of drug-likeness (QED) is 0.533. The van der Waals surface area contributed by atoms with Crippen LogP contribution in [0.3, 0.4) is 0 Å². The monoisotopic (exact) mass is 557 g/mol. The fraction of sp³-hybridized carbons (Fsp3) is 0.520. The minimum Gasteiger partial charge on any atom is -0.380 e. The molecule has 0 saturated carbocycles. The van der Waals surface area contributed by atoms with Crippen LogP contribution in [0.25, 0.3) is 0 Å². The van der Waals surface area contributed by atoms with E-state index in [-0.39, 0.29) is 35.0 Å². The molecule has 3 heterocycles. The predicted molar refractivity (Wildman–Crippen MR) is 135 cm³/mol. The van der Waals surface area contributed by atoms with Crippen molar-refractivity contribution in [3.63, 3.8) is 0 Å². The van der Waals surface area contributed by atoms with Crippen molar-refractivity contribution < 1.29 is 31.4 Å². The third-order valence-corrected chi connectivity index (χ3v) is 10.1. The van der Waals surface area contributed by atoms with E-state index < -0.39 is 21.8 Å². The Morgan fingerprint density at radius 1 is 1.08 bits per heavy atom. The second-order valence-corrected chi connectivity index (χ2v) is 12.8. The molecule has 1 spiro atoms. The summed E-state index contributed by atoms with van der Waals surface area (Å²) in [5.41, 5.74) is -2.34. The maximum atomic E-state index is 13.5. The second kappa shape index (κ2) is 9.42. The number of alkyl halides is 3. The Hall–Kier alpha value is -1.83. The third kappa shape index (κ3) is 4.87. The molecule has 3 aliphatic rings. The average Bonchev–Trinajstić information content (AvgIpc) is 2.79. The Balaban J connectivity index is 1.38. The van der Waals surface area contributed by atoms with E-state index >= 15 is 0 Å². The summed E-state index contributed by atoms with van der Waals surface area (Å²) in [6.45, 7) is 5.38. The van der Waals surface area contributed by atoms with Gasteiger partial charge in [-0.2, -0.15) is 17.5 Å². The van der Waals surface area contributed by atoms with Crippen LogP contribution < -0.4 is 4.90 Å². The lowest BCUT2D eigenvalue weighted by Gasteiger charge is -2.57. The number of aliphatic hydroxyl groups is 1. The van der Waals surface area contributed by atoms with Gasteiger partial charge in [0.25, 0.3) is 0 Å². The van der Waals surface area contributed by atoms with Gasteiger partial charge < -0.3 is 14.7 Å². The van der Waals surface area contributed by atoms with Crippen molar-refractivity contribution in [3.05, 3.63) is 54.1 Å². The number of sulfonamides is 1. The molecule has 2 aromatic rings. The molecule has 0 aliphatic carbocycles. The first-order chi connectivity index (χ1) is 17.3. The van der Waals surface area contributed by atoms with Crippen LogP contribution in [0.1, 0.15) is 12.5 Å². The van der Waals surface area contributed by atoms with Crippen molar-refractivity contribution in [2.24, 2.45) is 5.41 Å². The zero-order valence-corrected chi connectivity index (χ0v) is 22.1. The Morgan fingerprint density at radius 2 is 1.73 bits per heavy atom. The van der Waals surface area contributed by atoms with Crippen LogP contribution in [-0.4, -0.2) is 87.4 Å². The first-order valence-corrected chi connectivity index (χ1v) is 14.0. The van der Waals surface area contributed by atoms with Gasteiger partial charge >= 0.3 is 6.18 Å². The van der Waals surface area contributed by atoms with E-state index in [1.165, 1.54) is 16.4 Å². The van der Waals surface area contributed by atoms with Gasteiger partial charge in [-0.3, -0.25) is 4.90 Å². The lowest BCUT2D eigenvalue weighted by molar-refractivity contribution is -0.258. The zero-order chi connectivity index (χ0) is 26.6. The molecule has 3 fully saturated rings. The molecular formula is C25H30F3N3O4S2. The van der Waals surface area contributed by atoms with Crippen LogP contribution in [0.5, 0.6) is 0 Å². The zero-order valence-electron chi connectivity index (χ0n) is 20.4. The van der Waals surface area contributed by atoms with Crippen LogP contribution in [0.2, 0.25) is 0 Å². The summed E-state index contributed by atoms with van der Waals surface area (Å²) in [5.74, 6) is 0. The smallest absolute Gasteiger partial charge is 0.380 e. The highest BCUT2D eigenvalue weighted by molar-refractivity contribution is 7.90. The lowest BCUT2D eigenvalue weighted by Crippen LogP contribution is -2.69. The largest absolute Gasteiger partial charge is 0.421 e. The Bertz CT molecular complexity index is 1240. The number of benzene rings is 2. The van der Waals surface area contributed by atoms with Crippen LogP contribution in [0.15, 0.2) is 58.3 Å². The Kier molecular flexibility index (Phi) is 6.82. The van der Waals surface area contributed by atoms with Crippen molar-refractivity contribution in [2.45, 2.75) is 34.5 Å². The highest BCUT2D eigenvalue weighted by Crippen LogP contribution is 2.40. The summed E-state index contributed by atoms with van der Waals surface area (Å²) in [5, 5.41) is 10.0. The molecule has 0 aromatic heterocycles. The van der Waals surface area contributed by atoms with Crippen LogP contribution in [0.4, 0.5) is 18.9 Å². The molecule has 3 saturated heterocycles. The molecule has 1 unspecified atom stereocenters. The van der Waals surface area contributed by atoms with Crippen LogP contribution in [-0.2, 0) is 20.4 Å². The number of hydrogen-bond acceptors (Lipinski definition) is 7. The maximum Gasteiger partial charge on any atom is 0.421 e. The summed E-state index contributed by atoms with van der Waals surface area (Å²) in [6.07, 6.45) is -4.81. The average molecular weight is 558 g/mol.